The molecule has 1 aromatic carbocycles. The minimum atomic E-state index is -4.56. The van der Waals surface area contributed by atoms with E-state index in [0.29, 0.717) is 0 Å². The zero-order valence-corrected chi connectivity index (χ0v) is 13.9. The van der Waals surface area contributed by atoms with Crippen molar-refractivity contribution in [3.63, 3.8) is 0 Å². The van der Waals surface area contributed by atoms with Crippen LogP contribution in [0.25, 0.3) is 0 Å². The Bertz CT molecular complexity index is 582. The third kappa shape index (κ3) is 6.01. The summed E-state index contributed by atoms with van der Waals surface area (Å²) in [6, 6.07) is 3.30. The van der Waals surface area contributed by atoms with E-state index in [9.17, 15) is 28.2 Å². The van der Waals surface area contributed by atoms with E-state index in [1.807, 2.05) is 0 Å². The molecule has 3 N–H and O–H groups in total. The molecule has 24 heavy (non-hydrogen) atoms. The van der Waals surface area contributed by atoms with Crippen LogP contribution in [0.2, 0.25) is 0 Å². The van der Waals surface area contributed by atoms with Gasteiger partial charge in [-0.1, -0.05) is 12.1 Å². The molecule has 0 bridgehead atoms. The fourth-order valence-electron chi connectivity index (χ4n) is 1.96. The molecule has 0 aliphatic carbocycles. The van der Waals surface area contributed by atoms with Crippen molar-refractivity contribution in [1.82, 2.24) is 5.32 Å². The number of amides is 1. The number of aliphatic hydroxyl groups excluding tert-OH is 2. The molecule has 1 amide bonds. The van der Waals surface area contributed by atoms with Gasteiger partial charge in [-0.2, -0.15) is 13.2 Å². The van der Waals surface area contributed by atoms with Crippen molar-refractivity contribution in [2.45, 2.75) is 51.7 Å². The van der Waals surface area contributed by atoms with Crippen LogP contribution in [-0.2, 0) is 10.9 Å². The Balaban J connectivity index is 2.76. The first-order chi connectivity index (χ1) is 10.8. The number of alkyl halides is 3. The summed E-state index contributed by atoms with van der Waals surface area (Å²) in [5.74, 6) is 0. The minimum absolute atomic E-state index is 0.0137. The maximum atomic E-state index is 12.9. The molecule has 0 spiro atoms. The Labute approximate surface area is 138 Å². The Morgan fingerprint density at radius 1 is 1.25 bits per heavy atom. The summed E-state index contributed by atoms with van der Waals surface area (Å²) in [4.78, 5) is 11.5. The quantitative estimate of drug-likeness (QED) is 0.781. The monoisotopic (exact) mass is 349 g/mol. The first-order valence-corrected chi connectivity index (χ1v) is 7.32. The lowest BCUT2D eigenvalue weighted by molar-refractivity contribution is -0.138. The number of hydrogen-bond donors (Lipinski definition) is 3. The van der Waals surface area contributed by atoms with Gasteiger partial charge < -0.3 is 20.3 Å². The van der Waals surface area contributed by atoms with E-state index >= 15 is 0 Å². The Kier molecular flexibility index (Phi) is 6.24. The van der Waals surface area contributed by atoms with Gasteiger partial charge in [0.2, 0.25) is 0 Å². The van der Waals surface area contributed by atoms with Crippen LogP contribution in [0.15, 0.2) is 18.2 Å². The highest BCUT2D eigenvalue weighted by atomic mass is 19.4. The molecule has 2 unspecified atom stereocenters. The van der Waals surface area contributed by atoms with E-state index in [1.54, 1.807) is 20.8 Å². The molecule has 5 nitrogen and oxygen atoms in total. The largest absolute Gasteiger partial charge is 0.444 e. The summed E-state index contributed by atoms with van der Waals surface area (Å²) in [5, 5.41) is 22.1. The summed E-state index contributed by atoms with van der Waals surface area (Å²) in [5.41, 5.74) is -1.69. The molecule has 0 heterocycles. The van der Waals surface area contributed by atoms with Crippen molar-refractivity contribution in [2.24, 2.45) is 0 Å². The second kappa shape index (κ2) is 7.40. The van der Waals surface area contributed by atoms with Crippen LogP contribution in [0.4, 0.5) is 18.0 Å². The predicted octanol–water partition coefficient (Wildman–Crippen LogP) is 2.93. The zero-order valence-electron chi connectivity index (χ0n) is 13.9. The lowest BCUT2D eigenvalue weighted by Crippen LogP contribution is -2.38. The number of hydrogen-bond acceptors (Lipinski definition) is 4. The number of alkyl carbamates (subject to hydrolysis) is 1. The lowest BCUT2D eigenvalue weighted by Gasteiger charge is -2.23. The number of carbonyl (C=O) groups excluding carboxylic acids is 1. The van der Waals surface area contributed by atoms with Gasteiger partial charge in [-0.3, -0.25) is 0 Å². The van der Waals surface area contributed by atoms with Crippen molar-refractivity contribution in [3.8, 4) is 0 Å². The van der Waals surface area contributed by atoms with Crippen LogP contribution in [0.3, 0.4) is 0 Å². The minimum Gasteiger partial charge on any atom is -0.444 e. The van der Waals surface area contributed by atoms with Crippen molar-refractivity contribution < 1.29 is 32.9 Å². The molecule has 1 rings (SSSR count). The fraction of sp³-hybridized carbons (Fsp3) is 0.562. The third-order valence-corrected chi connectivity index (χ3v) is 3.13. The number of aliphatic hydroxyl groups is 2. The molecule has 0 saturated carbocycles. The maximum absolute atomic E-state index is 12.9. The standard InChI is InChI=1S/C16H22F3NO4/c1-9-5-6-10(7-11(9)16(17,18)19)13(22)12(21)8-20-14(23)24-15(2,3)4/h5-7,12-13,21-22H,8H2,1-4H3,(H,20,23). The van der Waals surface area contributed by atoms with Crippen molar-refractivity contribution >= 4 is 6.09 Å². The van der Waals surface area contributed by atoms with Crippen LogP contribution < -0.4 is 5.32 Å². The van der Waals surface area contributed by atoms with E-state index in [0.717, 1.165) is 6.07 Å². The average molecular weight is 349 g/mol. The molecule has 0 fully saturated rings. The van der Waals surface area contributed by atoms with Crippen LogP contribution in [0, 0.1) is 6.92 Å². The van der Waals surface area contributed by atoms with Crippen molar-refractivity contribution in [1.29, 1.82) is 0 Å². The topological polar surface area (TPSA) is 78.8 Å². The molecule has 0 saturated heterocycles. The van der Waals surface area contributed by atoms with E-state index in [1.165, 1.54) is 19.1 Å². The molecule has 0 aliphatic rings. The number of benzene rings is 1. The molecule has 0 aromatic heterocycles. The summed E-state index contributed by atoms with van der Waals surface area (Å²) in [6.45, 7) is 5.90. The van der Waals surface area contributed by atoms with Gasteiger partial charge in [-0.25, -0.2) is 4.79 Å². The Morgan fingerprint density at radius 3 is 2.33 bits per heavy atom. The predicted molar refractivity (Wildman–Crippen MR) is 81.4 cm³/mol. The summed E-state index contributed by atoms with van der Waals surface area (Å²) in [7, 11) is 0. The zero-order chi connectivity index (χ0) is 18.7. The number of ether oxygens (including phenoxy) is 1. The number of aryl methyl sites for hydroxylation is 1. The summed E-state index contributed by atoms with van der Waals surface area (Å²) < 4.78 is 43.6. The van der Waals surface area contributed by atoms with Crippen molar-refractivity contribution in [3.05, 3.63) is 34.9 Å². The maximum Gasteiger partial charge on any atom is 0.416 e. The van der Waals surface area contributed by atoms with E-state index < -0.39 is 35.6 Å². The summed E-state index contributed by atoms with van der Waals surface area (Å²) >= 11 is 0. The average Bonchev–Trinajstić information content (AvgIpc) is 2.41. The summed E-state index contributed by atoms with van der Waals surface area (Å²) in [6.07, 6.45) is -8.42. The van der Waals surface area contributed by atoms with E-state index in [-0.39, 0.29) is 17.7 Å². The van der Waals surface area contributed by atoms with Gasteiger partial charge in [0.05, 0.1) is 5.56 Å². The molecular weight excluding hydrogens is 327 g/mol. The van der Waals surface area contributed by atoms with Crippen molar-refractivity contribution in [2.75, 3.05) is 6.54 Å². The van der Waals surface area contributed by atoms with Gasteiger partial charge in [0.15, 0.2) is 0 Å². The van der Waals surface area contributed by atoms with Crippen LogP contribution in [0.5, 0.6) is 0 Å². The molecule has 2 atom stereocenters. The fourth-order valence-corrected chi connectivity index (χ4v) is 1.96. The van der Waals surface area contributed by atoms with Gasteiger partial charge in [0.1, 0.15) is 17.8 Å². The van der Waals surface area contributed by atoms with Gasteiger partial charge >= 0.3 is 12.3 Å². The van der Waals surface area contributed by atoms with E-state index in [2.05, 4.69) is 5.32 Å². The molecular formula is C16H22F3NO4. The third-order valence-electron chi connectivity index (χ3n) is 3.13. The first kappa shape index (κ1) is 20.2. The highest BCUT2D eigenvalue weighted by Crippen LogP contribution is 2.33. The van der Waals surface area contributed by atoms with Crippen LogP contribution in [-0.4, -0.2) is 34.6 Å². The SMILES string of the molecule is Cc1ccc(C(O)C(O)CNC(=O)OC(C)(C)C)cc1C(F)(F)F. The van der Waals surface area contributed by atoms with Crippen LogP contribution in [0.1, 0.15) is 43.6 Å². The molecule has 136 valence electrons. The number of rotatable bonds is 4. The van der Waals surface area contributed by atoms with Gasteiger partial charge in [-0.05, 0) is 44.9 Å². The first-order valence-electron chi connectivity index (χ1n) is 7.32. The Hall–Kier alpha value is -1.80. The molecule has 1 aromatic rings. The number of nitrogens with one attached hydrogen (secondary N) is 1. The lowest BCUT2D eigenvalue weighted by atomic mass is 9.98. The Morgan fingerprint density at radius 2 is 1.83 bits per heavy atom. The highest BCUT2D eigenvalue weighted by Gasteiger charge is 2.33. The molecule has 8 heteroatoms. The smallest absolute Gasteiger partial charge is 0.416 e. The highest BCUT2D eigenvalue weighted by molar-refractivity contribution is 5.67. The van der Waals surface area contributed by atoms with Gasteiger partial charge in [0.25, 0.3) is 0 Å². The molecule has 0 radical (unpaired) electrons. The second-order valence-corrected chi connectivity index (χ2v) is 6.47. The number of halogens is 3. The normalized spacial score (nSPS) is 14.9. The van der Waals surface area contributed by atoms with Gasteiger partial charge in [0, 0.05) is 6.54 Å². The van der Waals surface area contributed by atoms with Crippen LogP contribution >= 0.6 is 0 Å². The second-order valence-electron chi connectivity index (χ2n) is 6.47. The molecule has 0 aliphatic heterocycles. The van der Waals surface area contributed by atoms with E-state index in [4.69, 9.17) is 4.74 Å². The van der Waals surface area contributed by atoms with Gasteiger partial charge in [-0.15, -0.1) is 0 Å². The number of carbonyl (C=O) groups is 1.